The van der Waals surface area contributed by atoms with Crippen molar-refractivity contribution in [3.8, 4) is 0 Å². The van der Waals surface area contributed by atoms with Gasteiger partial charge in [0.1, 0.15) is 0 Å². The monoisotopic (exact) mass is 215 g/mol. The van der Waals surface area contributed by atoms with Crippen molar-refractivity contribution in [1.29, 1.82) is 0 Å². The summed E-state index contributed by atoms with van der Waals surface area (Å²) >= 11 is 2.04. The predicted molar refractivity (Wildman–Crippen MR) is 61.9 cm³/mol. The summed E-state index contributed by atoms with van der Waals surface area (Å²) in [5.74, 6) is 3.28. The zero-order valence-electron chi connectivity index (χ0n) is 9.00. The molecule has 1 heterocycles. The lowest BCUT2D eigenvalue weighted by atomic mass is 10.1. The molecule has 0 aromatic heterocycles. The number of rotatable bonds is 5. The summed E-state index contributed by atoms with van der Waals surface area (Å²) in [5.41, 5.74) is 0. The average molecular weight is 215 g/mol. The van der Waals surface area contributed by atoms with Crippen molar-refractivity contribution in [1.82, 2.24) is 5.32 Å². The van der Waals surface area contributed by atoms with Crippen LogP contribution in [0, 0.1) is 5.92 Å². The molecule has 0 aromatic rings. The van der Waals surface area contributed by atoms with E-state index >= 15 is 0 Å². The molecule has 2 atom stereocenters. The van der Waals surface area contributed by atoms with E-state index in [1.165, 1.54) is 30.8 Å². The average Bonchev–Trinajstić information content (AvgIpc) is 3.04. The van der Waals surface area contributed by atoms with E-state index in [0.717, 1.165) is 19.1 Å². The Balaban J connectivity index is 1.81. The van der Waals surface area contributed by atoms with Gasteiger partial charge < -0.3 is 10.1 Å². The van der Waals surface area contributed by atoms with E-state index in [-0.39, 0.29) is 0 Å². The van der Waals surface area contributed by atoms with Crippen molar-refractivity contribution in [3.63, 3.8) is 0 Å². The van der Waals surface area contributed by atoms with Gasteiger partial charge in [-0.3, -0.25) is 0 Å². The summed E-state index contributed by atoms with van der Waals surface area (Å²) in [4.78, 5) is 0. The fraction of sp³-hybridized carbons (Fsp3) is 1.00. The second kappa shape index (κ2) is 5.38. The molecule has 2 fully saturated rings. The number of nitrogens with one attached hydrogen (secondary N) is 1. The van der Waals surface area contributed by atoms with Crippen molar-refractivity contribution in [3.05, 3.63) is 0 Å². The normalized spacial score (nSPS) is 30.2. The Morgan fingerprint density at radius 1 is 1.50 bits per heavy atom. The highest BCUT2D eigenvalue weighted by molar-refractivity contribution is 7.99. The third kappa shape index (κ3) is 2.88. The highest BCUT2D eigenvalue weighted by Crippen LogP contribution is 2.36. The maximum Gasteiger partial charge on any atom is 0.0821 e. The van der Waals surface area contributed by atoms with Crippen LogP contribution < -0.4 is 5.32 Å². The van der Waals surface area contributed by atoms with Gasteiger partial charge in [0, 0.05) is 17.5 Å². The fourth-order valence-corrected chi connectivity index (χ4v) is 3.00. The van der Waals surface area contributed by atoms with E-state index in [0.29, 0.717) is 12.1 Å². The molecule has 2 nitrogen and oxygen atoms in total. The van der Waals surface area contributed by atoms with Crippen molar-refractivity contribution >= 4 is 11.8 Å². The van der Waals surface area contributed by atoms with Crippen molar-refractivity contribution in [2.75, 3.05) is 24.7 Å². The number of hydrogen-bond donors (Lipinski definition) is 1. The van der Waals surface area contributed by atoms with Crippen molar-refractivity contribution < 1.29 is 4.74 Å². The highest BCUT2D eigenvalue weighted by Gasteiger charge is 2.37. The molecule has 1 saturated heterocycles. The van der Waals surface area contributed by atoms with Crippen LogP contribution in [0.5, 0.6) is 0 Å². The molecule has 0 bridgehead atoms. The second-order valence-electron chi connectivity index (χ2n) is 4.30. The largest absolute Gasteiger partial charge is 0.375 e. The van der Waals surface area contributed by atoms with Crippen LogP contribution in [-0.4, -0.2) is 36.8 Å². The third-order valence-corrected chi connectivity index (χ3v) is 4.02. The van der Waals surface area contributed by atoms with E-state index in [1.807, 2.05) is 11.8 Å². The van der Waals surface area contributed by atoms with E-state index in [2.05, 4.69) is 12.2 Å². The third-order valence-electron chi connectivity index (χ3n) is 3.00. The summed E-state index contributed by atoms with van der Waals surface area (Å²) < 4.78 is 5.86. The molecular formula is C11H21NOS. The minimum atomic E-state index is 0.479. The first kappa shape index (κ1) is 10.8. The molecule has 2 aliphatic rings. The Labute approximate surface area is 91.2 Å². The fourth-order valence-electron chi connectivity index (χ4n) is 2.08. The van der Waals surface area contributed by atoms with Crippen LogP contribution >= 0.6 is 11.8 Å². The molecule has 3 heteroatoms. The molecule has 1 aliphatic heterocycles. The first-order valence-electron chi connectivity index (χ1n) is 5.84. The standard InChI is InChI=1S/C11H21NOS/c1-2-5-12-11(9-3-4-9)10-8-14-7-6-13-10/h9-12H,2-8H2,1H3. The number of ether oxygens (including phenoxy) is 1. The Morgan fingerprint density at radius 2 is 2.36 bits per heavy atom. The van der Waals surface area contributed by atoms with Crippen LogP contribution in [0.25, 0.3) is 0 Å². The van der Waals surface area contributed by atoms with Crippen LogP contribution in [-0.2, 0) is 4.74 Å². The molecule has 1 N–H and O–H groups in total. The van der Waals surface area contributed by atoms with E-state index < -0.39 is 0 Å². The maximum atomic E-state index is 5.86. The van der Waals surface area contributed by atoms with E-state index in [9.17, 15) is 0 Å². The van der Waals surface area contributed by atoms with Crippen LogP contribution in [0.15, 0.2) is 0 Å². The second-order valence-corrected chi connectivity index (χ2v) is 5.45. The number of hydrogen-bond acceptors (Lipinski definition) is 3. The summed E-state index contributed by atoms with van der Waals surface area (Å²) in [6, 6.07) is 0.641. The lowest BCUT2D eigenvalue weighted by Crippen LogP contribution is -2.46. The van der Waals surface area contributed by atoms with Gasteiger partial charge in [0.2, 0.25) is 0 Å². The molecule has 82 valence electrons. The lowest BCUT2D eigenvalue weighted by molar-refractivity contribution is 0.0411. The van der Waals surface area contributed by atoms with Crippen molar-refractivity contribution in [2.45, 2.75) is 38.3 Å². The summed E-state index contributed by atoms with van der Waals surface area (Å²) in [7, 11) is 0. The smallest absolute Gasteiger partial charge is 0.0821 e. The molecule has 1 aliphatic carbocycles. The quantitative estimate of drug-likeness (QED) is 0.757. The zero-order valence-corrected chi connectivity index (χ0v) is 9.81. The topological polar surface area (TPSA) is 21.3 Å². The minimum absolute atomic E-state index is 0.479. The van der Waals surface area contributed by atoms with Gasteiger partial charge in [-0.25, -0.2) is 0 Å². The van der Waals surface area contributed by atoms with E-state index in [1.54, 1.807) is 0 Å². The van der Waals surface area contributed by atoms with Gasteiger partial charge >= 0.3 is 0 Å². The molecule has 2 unspecified atom stereocenters. The van der Waals surface area contributed by atoms with Crippen LogP contribution in [0.3, 0.4) is 0 Å². The molecular weight excluding hydrogens is 194 g/mol. The Kier molecular flexibility index (Phi) is 4.14. The predicted octanol–water partition coefficient (Wildman–Crippen LogP) is 1.90. The molecule has 0 spiro atoms. The first-order valence-corrected chi connectivity index (χ1v) is 7.00. The van der Waals surface area contributed by atoms with Crippen LogP contribution in [0.2, 0.25) is 0 Å². The van der Waals surface area contributed by atoms with Crippen LogP contribution in [0.1, 0.15) is 26.2 Å². The lowest BCUT2D eigenvalue weighted by Gasteiger charge is -2.31. The van der Waals surface area contributed by atoms with E-state index in [4.69, 9.17) is 4.74 Å². The minimum Gasteiger partial charge on any atom is -0.375 e. The SMILES string of the molecule is CCCNC(C1CC1)C1CSCCO1. The van der Waals surface area contributed by atoms with Crippen molar-refractivity contribution in [2.24, 2.45) is 5.92 Å². The van der Waals surface area contributed by atoms with Gasteiger partial charge in [0.15, 0.2) is 0 Å². The molecule has 1 saturated carbocycles. The maximum absolute atomic E-state index is 5.86. The summed E-state index contributed by atoms with van der Waals surface area (Å²) in [6.45, 7) is 4.32. The Morgan fingerprint density at radius 3 is 2.93 bits per heavy atom. The molecule has 0 amide bonds. The van der Waals surface area contributed by atoms with Gasteiger partial charge in [-0.05, 0) is 31.7 Å². The zero-order chi connectivity index (χ0) is 9.80. The van der Waals surface area contributed by atoms with Gasteiger partial charge in [-0.2, -0.15) is 11.8 Å². The first-order chi connectivity index (χ1) is 6.92. The Bertz CT molecular complexity index is 167. The van der Waals surface area contributed by atoms with Gasteiger partial charge in [-0.1, -0.05) is 6.92 Å². The molecule has 0 aromatic carbocycles. The van der Waals surface area contributed by atoms with Gasteiger partial charge in [-0.15, -0.1) is 0 Å². The van der Waals surface area contributed by atoms with Gasteiger partial charge in [0.05, 0.1) is 12.7 Å². The number of thioether (sulfide) groups is 1. The Hall–Kier alpha value is 0.270. The molecule has 0 radical (unpaired) electrons. The molecule has 14 heavy (non-hydrogen) atoms. The highest BCUT2D eigenvalue weighted by atomic mass is 32.2. The van der Waals surface area contributed by atoms with Gasteiger partial charge in [0.25, 0.3) is 0 Å². The summed E-state index contributed by atoms with van der Waals surface area (Å²) in [5, 5.41) is 3.66. The summed E-state index contributed by atoms with van der Waals surface area (Å²) in [6.07, 6.45) is 4.52. The van der Waals surface area contributed by atoms with Crippen LogP contribution in [0.4, 0.5) is 0 Å². The molecule has 2 rings (SSSR count).